The first kappa shape index (κ1) is 50.0. The molecule has 3 amide bonds. The predicted molar refractivity (Wildman–Crippen MR) is 256 cm³/mol. The lowest BCUT2D eigenvalue weighted by Crippen LogP contribution is -2.59. The van der Waals surface area contributed by atoms with Gasteiger partial charge in [0.25, 0.3) is 12.4 Å². The molecule has 0 radical (unpaired) electrons. The van der Waals surface area contributed by atoms with E-state index in [9.17, 15) is 27.6 Å². The third-order valence-electron chi connectivity index (χ3n) is 12.9. The van der Waals surface area contributed by atoms with Crippen LogP contribution in [0, 0.1) is 17.3 Å². The van der Waals surface area contributed by atoms with Crippen molar-refractivity contribution in [2.75, 3.05) is 46.9 Å². The highest BCUT2D eigenvalue weighted by Crippen LogP contribution is 2.41. The zero-order valence-corrected chi connectivity index (χ0v) is 40.7. The van der Waals surface area contributed by atoms with Gasteiger partial charge in [-0.3, -0.25) is 29.2 Å². The van der Waals surface area contributed by atoms with Crippen molar-refractivity contribution in [1.29, 1.82) is 0 Å². The molecule has 16 heteroatoms. The Morgan fingerprint density at radius 1 is 1.05 bits per heavy atom. The van der Waals surface area contributed by atoms with Crippen molar-refractivity contribution in [2.45, 2.75) is 91.8 Å². The number of methoxy groups -OCH3 is 1. The topological polar surface area (TPSA) is 172 Å². The van der Waals surface area contributed by atoms with Crippen molar-refractivity contribution in [3.05, 3.63) is 89.1 Å². The molecule has 2 N–H and O–H groups in total. The Bertz CT molecular complexity index is 2530. The second-order valence-corrected chi connectivity index (χ2v) is 20.6. The van der Waals surface area contributed by atoms with Crippen LogP contribution in [0.3, 0.4) is 0 Å². The zero-order chi connectivity index (χ0) is 47.9. The van der Waals surface area contributed by atoms with Crippen LogP contribution in [0.5, 0.6) is 0 Å². The van der Waals surface area contributed by atoms with Crippen molar-refractivity contribution in [1.82, 2.24) is 34.5 Å². The van der Waals surface area contributed by atoms with Crippen LogP contribution in [0.25, 0.3) is 33.3 Å². The maximum absolute atomic E-state index is 14.4. The Morgan fingerprint density at radius 2 is 1.80 bits per heavy atom. The van der Waals surface area contributed by atoms with E-state index in [4.69, 9.17) is 14.5 Å². The van der Waals surface area contributed by atoms with Crippen LogP contribution in [-0.4, -0.2) is 115 Å². The largest absolute Gasteiger partial charge is 0.467 e. The minimum atomic E-state index is -3.65. The minimum Gasteiger partial charge on any atom is -0.467 e. The number of amides is 3. The van der Waals surface area contributed by atoms with E-state index < -0.39 is 39.3 Å². The van der Waals surface area contributed by atoms with E-state index in [1.54, 1.807) is 32.3 Å². The fraction of sp³-hybridized carbons (Fsp3) is 0.500. The summed E-state index contributed by atoms with van der Waals surface area (Å²) >= 11 is 0. The smallest absolute Gasteiger partial charge is 0.293 e. The van der Waals surface area contributed by atoms with Gasteiger partial charge in [-0.15, -0.1) is 0 Å². The van der Waals surface area contributed by atoms with Gasteiger partial charge in [0.05, 0.1) is 30.0 Å². The van der Waals surface area contributed by atoms with Gasteiger partial charge in [-0.25, -0.2) is 13.8 Å². The molecule has 66 heavy (non-hydrogen) atoms. The molecule has 2 fully saturated rings. The number of aryl methyl sites for hydroxylation is 1. The molecule has 4 atom stereocenters. The Morgan fingerprint density at radius 3 is 2.48 bits per heavy atom. The molecule has 0 bridgehead atoms. The van der Waals surface area contributed by atoms with Gasteiger partial charge in [0.15, 0.2) is 0 Å². The van der Waals surface area contributed by atoms with Crippen molar-refractivity contribution in [3.8, 4) is 22.4 Å². The van der Waals surface area contributed by atoms with E-state index in [0.29, 0.717) is 32.4 Å². The fourth-order valence-electron chi connectivity index (χ4n) is 9.47. The Kier molecular flexibility index (Phi) is 16.3. The molecule has 0 saturated carbocycles. The molecule has 4 aromatic rings. The standard InChI is InChI=1S/C50H67N7O8S/c1-10-25-66(62,63)56-24-20-38(30-56)48(60)55(8)45(33(2)3)47(59)53-42(49(61)57-23-12-11-22-52-57)27-35-15-13-16-36(26-35)37-18-19-43-40(28-37)41(29-50(5,6)31-65-32-58)46(54(43)7)39-17-14-21-51-44(39)34(4)64-9/h10,13-19,21,25-26,28,32-34,38,42,45,52H,11-12,20,22-24,27,29-31H2,1-9H3,(H,53,59)/b25-10+/t34-,38-,42-,45-/m0/s1. The van der Waals surface area contributed by atoms with Gasteiger partial charge in [0.2, 0.25) is 21.8 Å². The molecular weight excluding hydrogens is 859 g/mol. The van der Waals surface area contributed by atoms with Crippen molar-refractivity contribution in [3.63, 3.8) is 0 Å². The number of sulfonamides is 1. The number of aromatic nitrogens is 2. The number of hydrazine groups is 1. The molecule has 2 aromatic heterocycles. The number of allylic oxidation sites excluding steroid dienone is 1. The Labute approximate surface area is 389 Å². The normalized spacial score (nSPS) is 17.5. The number of pyridine rings is 1. The molecule has 0 spiro atoms. The monoisotopic (exact) mass is 925 g/mol. The number of carbonyl (C=O) groups is 4. The number of nitrogens with one attached hydrogen (secondary N) is 2. The van der Waals surface area contributed by atoms with Crippen molar-refractivity contribution < 1.29 is 37.1 Å². The number of likely N-dealkylation sites (N-methyl/N-ethyl adjacent to an activating group) is 1. The first-order valence-electron chi connectivity index (χ1n) is 22.9. The molecule has 4 heterocycles. The lowest BCUT2D eigenvalue weighted by Gasteiger charge is -2.35. The van der Waals surface area contributed by atoms with E-state index in [1.807, 2.05) is 58.2 Å². The van der Waals surface area contributed by atoms with Gasteiger partial charge in [0.1, 0.15) is 12.1 Å². The summed E-state index contributed by atoms with van der Waals surface area (Å²) in [7, 11) is 1.65. The molecule has 2 aromatic carbocycles. The highest BCUT2D eigenvalue weighted by Gasteiger charge is 2.40. The first-order chi connectivity index (χ1) is 31.4. The third-order valence-corrected chi connectivity index (χ3v) is 14.5. The second kappa shape index (κ2) is 21.5. The minimum absolute atomic E-state index is 0.0352. The number of fused-ring (bicyclic) bond motifs is 1. The molecular formula is C50H67N7O8S. The van der Waals surface area contributed by atoms with Gasteiger partial charge < -0.3 is 24.3 Å². The van der Waals surface area contributed by atoms with Crippen LogP contribution < -0.4 is 10.7 Å². The quantitative estimate of drug-likeness (QED) is 0.104. The molecule has 2 saturated heterocycles. The Hall–Kier alpha value is -5.42. The fourth-order valence-corrected chi connectivity index (χ4v) is 10.7. The predicted octanol–water partition coefficient (Wildman–Crippen LogP) is 6.18. The summed E-state index contributed by atoms with van der Waals surface area (Å²) in [6, 6.07) is 16.5. The highest BCUT2D eigenvalue weighted by atomic mass is 32.2. The Balaban J connectivity index is 1.33. The zero-order valence-electron chi connectivity index (χ0n) is 39.9. The maximum atomic E-state index is 14.4. The maximum Gasteiger partial charge on any atom is 0.293 e. The van der Waals surface area contributed by atoms with E-state index >= 15 is 0 Å². The van der Waals surface area contributed by atoms with E-state index in [1.165, 1.54) is 15.3 Å². The SMILES string of the molecule is C/C=C/S(=O)(=O)N1CC[C@H](C(=O)N(C)[C@H](C(=O)N[C@@H](Cc2cccc(-c3ccc4c(c3)c(CC(C)(C)COC=O)c(-c3cccnc3[C@H](C)OC)n4C)c2)C(=O)N2CCCCN2)C(C)C)C1. The lowest BCUT2D eigenvalue weighted by atomic mass is 9.84. The molecule has 356 valence electrons. The molecule has 2 aliphatic heterocycles. The van der Waals surface area contributed by atoms with Crippen molar-refractivity contribution >= 4 is 45.1 Å². The number of rotatable bonds is 19. The molecule has 6 rings (SSSR count). The van der Waals surface area contributed by atoms with E-state index in [2.05, 4.69) is 53.4 Å². The van der Waals surface area contributed by atoms with Crippen molar-refractivity contribution in [2.24, 2.45) is 24.3 Å². The molecule has 15 nitrogen and oxygen atoms in total. The van der Waals surface area contributed by atoms with Gasteiger partial charge in [0, 0.05) is 87.3 Å². The summed E-state index contributed by atoms with van der Waals surface area (Å²) in [6.07, 6.45) is 5.84. The average Bonchev–Trinajstić information content (AvgIpc) is 3.91. The van der Waals surface area contributed by atoms with Gasteiger partial charge >= 0.3 is 0 Å². The number of hydrogen-bond acceptors (Lipinski definition) is 10. The first-order valence-corrected chi connectivity index (χ1v) is 24.4. The number of carbonyl (C=O) groups excluding carboxylic acids is 4. The number of hydrogen-bond donors (Lipinski definition) is 2. The number of nitrogens with zero attached hydrogens (tertiary/aromatic N) is 5. The molecule has 0 unspecified atom stereocenters. The summed E-state index contributed by atoms with van der Waals surface area (Å²) in [5.74, 6) is -1.96. The average molecular weight is 926 g/mol. The summed E-state index contributed by atoms with van der Waals surface area (Å²) in [5, 5.41) is 6.81. The van der Waals surface area contributed by atoms with E-state index in [-0.39, 0.29) is 50.0 Å². The second-order valence-electron chi connectivity index (χ2n) is 18.7. The number of ether oxygens (including phenoxy) is 2. The summed E-state index contributed by atoms with van der Waals surface area (Å²) in [6.45, 7) is 13.6. The molecule has 0 aliphatic carbocycles. The van der Waals surface area contributed by atoms with Crippen LogP contribution >= 0.6 is 0 Å². The van der Waals surface area contributed by atoms with E-state index in [0.717, 1.165) is 68.4 Å². The van der Waals surface area contributed by atoms with Crippen LogP contribution in [-0.2, 0) is 58.6 Å². The summed E-state index contributed by atoms with van der Waals surface area (Å²) in [4.78, 5) is 60.1. The van der Waals surface area contributed by atoms with Gasteiger partial charge in [-0.05, 0) is 92.0 Å². The van der Waals surface area contributed by atoms with Crippen LogP contribution in [0.15, 0.2) is 72.3 Å². The number of benzene rings is 2. The van der Waals surface area contributed by atoms with Gasteiger partial charge in [-0.2, -0.15) is 4.31 Å². The third kappa shape index (κ3) is 11.2. The van der Waals surface area contributed by atoms with Crippen LogP contribution in [0.1, 0.15) is 83.7 Å². The summed E-state index contributed by atoms with van der Waals surface area (Å²) in [5.41, 5.74) is 10.4. The summed E-state index contributed by atoms with van der Waals surface area (Å²) < 4.78 is 40.0. The van der Waals surface area contributed by atoms with Crippen LogP contribution in [0.2, 0.25) is 0 Å². The van der Waals surface area contributed by atoms with Gasteiger partial charge in [-0.1, -0.05) is 64.1 Å². The molecule has 2 aliphatic rings. The lowest BCUT2D eigenvalue weighted by molar-refractivity contribution is -0.145. The highest BCUT2D eigenvalue weighted by molar-refractivity contribution is 7.92. The van der Waals surface area contributed by atoms with Crippen LogP contribution in [0.4, 0.5) is 0 Å².